The number of benzene rings is 1. The Bertz CT molecular complexity index is 976. The van der Waals surface area contributed by atoms with Gasteiger partial charge >= 0.3 is 5.97 Å². The number of carbonyl (C=O) groups excluding carboxylic acids is 2. The molecule has 1 aromatic heterocycles. The number of sulfonamides is 1. The fourth-order valence-electron chi connectivity index (χ4n) is 2.79. The summed E-state index contributed by atoms with van der Waals surface area (Å²) >= 11 is 0. The van der Waals surface area contributed by atoms with Crippen LogP contribution in [0.2, 0.25) is 0 Å². The number of ether oxygens (including phenoxy) is 1. The summed E-state index contributed by atoms with van der Waals surface area (Å²) in [6, 6.07) is 5.63. The van der Waals surface area contributed by atoms with E-state index < -0.39 is 21.9 Å². The molecule has 28 heavy (non-hydrogen) atoms. The average Bonchev–Trinajstić information content (AvgIpc) is 2.89. The Morgan fingerprint density at radius 3 is 2.29 bits per heavy atom. The van der Waals surface area contributed by atoms with Crippen LogP contribution < -0.4 is 10.0 Å². The Morgan fingerprint density at radius 1 is 1.14 bits per heavy atom. The number of aromatic amines is 1. The molecule has 0 spiro atoms. The molecule has 8 nitrogen and oxygen atoms in total. The van der Waals surface area contributed by atoms with Gasteiger partial charge in [0.2, 0.25) is 10.0 Å². The van der Waals surface area contributed by atoms with Crippen LogP contribution in [0.4, 0.5) is 5.69 Å². The van der Waals surface area contributed by atoms with Gasteiger partial charge in [0.15, 0.2) is 0 Å². The van der Waals surface area contributed by atoms with Gasteiger partial charge in [0.1, 0.15) is 5.69 Å². The minimum absolute atomic E-state index is 0.109. The number of nitrogens with one attached hydrogen (secondary N) is 3. The molecule has 0 aliphatic carbocycles. The van der Waals surface area contributed by atoms with Crippen molar-refractivity contribution in [3.63, 3.8) is 0 Å². The number of hydrogen-bond donors (Lipinski definition) is 3. The summed E-state index contributed by atoms with van der Waals surface area (Å²) in [5.74, 6) is -0.924. The number of anilines is 1. The van der Waals surface area contributed by atoms with E-state index in [1.54, 1.807) is 34.6 Å². The number of amides is 1. The SMILES string of the molecule is CCOC(=O)c1[nH]c(C)c(C(=O)Nc2ccc(S(=O)(=O)NC(C)C)cc2)c1C. The third-order valence-electron chi connectivity index (χ3n) is 3.96. The van der Waals surface area contributed by atoms with Gasteiger partial charge in [0.25, 0.3) is 5.91 Å². The van der Waals surface area contributed by atoms with Gasteiger partial charge in [-0.3, -0.25) is 4.79 Å². The Hall–Kier alpha value is -2.65. The summed E-state index contributed by atoms with van der Waals surface area (Å²) in [5, 5.41) is 2.72. The van der Waals surface area contributed by atoms with Gasteiger partial charge in [-0.2, -0.15) is 0 Å². The second kappa shape index (κ2) is 8.57. The van der Waals surface area contributed by atoms with E-state index in [-0.39, 0.29) is 23.2 Å². The molecule has 2 aromatic rings. The van der Waals surface area contributed by atoms with Crippen molar-refractivity contribution in [2.75, 3.05) is 11.9 Å². The molecule has 152 valence electrons. The smallest absolute Gasteiger partial charge is 0.355 e. The van der Waals surface area contributed by atoms with Crippen molar-refractivity contribution in [2.24, 2.45) is 0 Å². The number of rotatable bonds is 7. The third-order valence-corrected chi connectivity index (χ3v) is 5.63. The second-order valence-electron chi connectivity index (χ2n) is 6.60. The Balaban J connectivity index is 2.21. The lowest BCUT2D eigenvalue weighted by Crippen LogP contribution is -2.30. The third kappa shape index (κ3) is 4.79. The van der Waals surface area contributed by atoms with Gasteiger partial charge in [-0.15, -0.1) is 0 Å². The molecule has 1 amide bonds. The van der Waals surface area contributed by atoms with Gasteiger partial charge in [0, 0.05) is 17.4 Å². The molecule has 1 heterocycles. The van der Waals surface area contributed by atoms with Crippen molar-refractivity contribution in [1.29, 1.82) is 0 Å². The summed E-state index contributed by atoms with van der Waals surface area (Å²) in [4.78, 5) is 27.6. The van der Waals surface area contributed by atoms with Crippen LogP contribution in [0.1, 0.15) is 52.9 Å². The normalized spacial score (nSPS) is 11.5. The molecule has 0 saturated heterocycles. The van der Waals surface area contributed by atoms with Crippen LogP contribution in [0, 0.1) is 13.8 Å². The summed E-state index contributed by atoms with van der Waals surface area (Å²) in [6.45, 7) is 8.77. The molecule has 0 bridgehead atoms. The zero-order valence-electron chi connectivity index (χ0n) is 16.5. The first-order valence-electron chi connectivity index (χ1n) is 8.86. The fraction of sp³-hybridized carbons (Fsp3) is 0.368. The number of hydrogen-bond acceptors (Lipinski definition) is 5. The predicted molar refractivity (Wildman–Crippen MR) is 106 cm³/mol. The van der Waals surface area contributed by atoms with E-state index in [0.29, 0.717) is 22.5 Å². The Morgan fingerprint density at radius 2 is 1.75 bits per heavy atom. The van der Waals surface area contributed by atoms with Crippen molar-refractivity contribution in [1.82, 2.24) is 9.71 Å². The number of esters is 1. The van der Waals surface area contributed by atoms with Crippen LogP contribution in [0.5, 0.6) is 0 Å². The van der Waals surface area contributed by atoms with Crippen LogP contribution in [-0.2, 0) is 14.8 Å². The molecule has 9 heteroatoms. The highest BCUT2D eigenvalue weighted by molar-refractivity contribution is 7.89. The zero-order chi connectivity index (χ0) is 21.1. The Kier molecular flexibility index (Phi) is 6.63. The highest BCUT2D eigenvalue weighted by Crippen LogP contribution is 2.21. The molecular weight excluding hydrogens is 382 g/mol. The second-order valence-corrected chi connectivity index (χ2v) is 8.31. The lowest BCUT2D eigenvalue weighted by Gasteiger charge is -2.11. The maximum absolute atomic E-state index is 12.7. The Labute approximate surface area is 164 Å². The molecule has 0 radical (unpaired) electrons. The van der Waals surface area contributed by atoms with Crippen molar-refractivity contribution in [2.45, 2.75) is 45.6 Å². The van der Waals surface area contributed by atoms with E-state index in [2.05, 4.69) is 15.0 Å². The predicted octanol–water partition coefficient (Wildman–Crippen LogP) is 2.75. The fourth-order valence-corrected chi connectivity index (χ4v) is 4.04. The monoisotopic (exact) mass is 407 g/mol. The van der Waals surface area contributed by atoms with Crippen LogP contribution in [0.3, 0.4) is 0 Å². The molecule has 0 unspecified atom stereocenters. The van der Waals surface area contributed by atoms with Crippen molar-refractivity contribution >= 4 is 27.6 Å². The van der Waals surface area contributed by atoms with Crippen LogP contribution in [0.25, 0.3) is 0 Å². The van der Waals surface area contributed by atoms with Crippen molar-refractivity contribution < 1.29 is 22.7 Å². The zero-order valence-corrected chi connectivity index (χ0v) is 17.4. The van der Waals surface area contributed by atoms with E-state index in [1.165, 1.54) is 24.3 Å². The number of H-pyrrole nitrogens is 1. The van der Waals surface area contributed by atoms with Crippen LogP contribution >= 0.6 is 0 Å². The van der Waals surface area contributed by atoms with E-state index in [0.717, 1.165) is 0 Å². The number of aromatic nitrogens is 1. The van der Waals surface area contributed by atoms with Crippen LogP contribution in [0.15, 0.2) is 29.2 Å². The first-order chi connectivity index (χ1) is 13.1. The maximum Gasteiger partial charge on any atom is 0.355 e. The first-order valence-corrected chi connectivity index (χ1v) is 10.3. The van der Waals surface area contributed by atoms with Gasteiger partial charge in [-0.05, 0) is 64.4 Å². The summed E-state index contributed by atoms with van der Waals surface area (Å²) in [7, 11) is -3.60. The average molecular weight is 407 g/mol. The van der Waals surface area contributed by atoms with E-state index in [4.69, 9.17) is 4.74 Å². The molecule has 0 saturated carbocycles. The van der Waals surface area contributed by atoms with E-state index in [1.807, 2.05) is 0 Å². The lowest BCUT2D eigenvalue weighted by molar-refractivity contribution is 0.0519. The topological polar surface area (TPSA) is 117 Å². The van der Waals surface area contributed by atoms with Gasteiger partial charge in [-0.1, -0.05) is 0 Å². The van der Waals surface area contributed by atoms with Gasteiger partial charge in [-0.25, -0.2) is 17.9 Å². The summed E-state index contributed by atoms with van der Waals surface area (Å²) in [6.07, 6.45) is 0. The van der Waals surface area contributed by atoms with E-state index in [9.17, 15) is 18.0 Å². The highest BCUT2D eigenvalue weighted by atomic mass is 32.2. The van der Waals surface area contributed by atoms with Crippen molar-refractivity contribution in [3.05, 3.63) is 46.8 Å². The molecule has 0 aliphatic heterocycles. The standard InChI is InChI=1S/C19H25N3O5S/c1-6-27-19(24)17-12(4)16(13(5)20-17)18(23)21-14-7-9-15(10-8-14)28(25,26)22-11(2)3/h7-11,20,22H,6H2,1-5H3,(H,21,23). The molecule has 0 fully saturated rings. The minimum Gasteiger partial charge on any atom is -0.461 e. The molecule has 0 atom stereocenters. The number of carbonyl (C=O) groups is 2. The minimum atomic E-state index is -3.60. The van der Waals surface area contributed by atoms with Crippen LogP contribution in [-0.4, -0.2) is 37.9 Å². The largest absolute Gasteiger partial charge is 0.461 e. The molecule has 3 N–H and O–H groups in total. The quantitative estimate of drug-likeness (QED) is 0.610. The molecule has 0 aliphatic rings. The summed E-state index contributed by atoms with van der Waals surface area (Å²) < 4.78 is 31.8. The highest BCUT2D eigenvalue weighted by Gasteiger charge is 2.23. The number of aryl methyl sites for hydroxylation is 1. The summed E-state index contributed by atoms with van der Waals surface area (Å²) in [5.41, 5.74) is 2.06. The van der Waals surface area contributed by atoms with Crippen molar-refractivity contribution in [3.8, 4) is 0 Å². The molecule has 2 rings (SSSR count). The van der Waals surface area contributed by atoms with Gasteiger partial charge < -0.3 is 15.0 Å². The molecular formula is C19H25N3O5S. The molecule has 1 aromatic carbocycles. The van der Waals surface area contributed by atoms with Gasteiger partial charge in [0.05, 0.1) is 17.1 Å². The van der Waals surface area contributed by atoms with E-state index >= 15 is 0 Å². The lowest BCUT2D eigenvalue weighted by atomic mass is 10.1. The first kappa shape index (κ1) is 21.6. The maximum atomic E-state index is 12.7.